The van der Waals surface area contributed by atoms with Gasteiger partial charge in [-0.2, -0.15) is 4.98 Å². The molecule has 5 heteroatoms. The molecule has 0 amide bonds. The zero-order valence-corrected chi connectivity index (χ0v) is 11.5. The minimum absolute atomic E-state index is 0.666. The topological polar surface area (TPSA) is 40.6 Å². The minimum atomic E-state index is 0.666. The van der Waals surface area contributed by atoms with Gasteiger partial charge in [0, 0.05) is 51.4 Å². The highest BCUT2D eigenvalue weighted by molar-refractivity contribution is 5.41. The number of aromatic nitrogens is 1. The van der Waals surface area contributed by atoms with Gasteiger partial charge in [0.25, 0.3) is 0 Å². The molecule has 104 valence electrons. The van der Waals surface area contributed by atoms with Crippen molar-refractivity contribution >= 4 is 5.82 Å². The summed E-state index contributed by atoms with van der Waals surface area (Å²) in [6, 6.07) is 6.77. The van der Waals surface area contributed by atoms with Crippen LogP contribution >= 0.6 is 0 Å². The van der Waals surface area contributed by atoms with Crippen LogP contribution < -0.4 is 15.0 Å². The number of piperazine rings is 1. The van der Waals surface area contributed by atoms with Crippen molar-refractivity contribution in [1.82, 2.24) is 15.2 Å². The molecule has 0 atom stereocenters. The molecule has 2 aliphatic rings. The normalized spacial score (nSPS) is 21.2. The molecule has 0 radical (unpaired) electrons. The first-order valence-electron chi connectivity index (χ1n) is 7.16. The van der Waals surface area contributed by atoms with E-state index in [2.05, 4.69) is 26.2 Å². The van der Waals surface area contributed by atoms with Crippen molar-refractivity contribution in [2.45, 2.75) is 13.0 Å². The fourth-order valence-electron chi connectivity index (χ4n) is 2.66. The Morgan fingerprint density at radius 3 is 2.68 bits per heavy atom. The Kier molecular flexibility index (Phi) is 3.84. The van der Waals surface area contributed by atoms with Gasteiger partial charge in [-0.05, 0) is 13.0 Å². The molecule has 0 aromatic carbocycles. The van der Waals surface area contributed by atoms with E-state index in [4.69, 9.17) is 4.74 Å². The predicted octanol–water partition coefficient (Wildman–Crippen LogP) is 0.574. The van der Waals surface area contributed by atoms with Gasteiger partial charge in [0.2, 0.25) is 5.88 Å². The summed E-state index contributed by atoms with van der Waals surface area (Å²) in [7, 11) is 0. The second-order valence-electron chi connectivity index (χ2n) is 5.10. The number of nitrogens with zero attached hydrogens (tertiary/aromatic N) is 3. The third-order valence-corrected chi connectivity index (χ3v) is 3.92. The van der Waals surface area contributed by atoms with Gasteiger partial charge in [0.1, 0.15) is 5.82 Å². The van der Waals surface area contributed by atoms with Gasteiger partial charge in [-0.15, -0.1) is 0 Å². The molecule has 3 heterocycles. The van der Waals surface area contributed by atoms with Gasteiger partial charge in [-0.3, -0.25) is 4.90 Å². The second kappa shape index (κ2) is 5.75. The molecule has 0 spiro atoms. The van der Waals surface area contributed by atoms with Gasteiger partial charge in [0.15, 0.2) is 0 Å². The molecule has 3 rings (SSSR count). The Morgan fingerprint density at radius 1 is 1.26 bits per heavy atom. The first-order chi connectivity index (χ1) is 9.36. The molecule has 0 aliphatic carbocycles. The third-order valence-electron chi connectivity index (χ3n) is 3.92. The van der Waals surface area contributed by atoms with Gasteiger partial charge >= 0.3 is 0 Å². The highest BCUT2D eigenvalue weighted by Crippen LogP contribution is 2.18. The SMILES string of the molecule is CCOc1cccc(N2CCN(C3CNC3)CC2)n1. The summed E-state index contributed by atoms with van der Waals surface area (Å²) in [5.74, 6) is 1.77. The highest BCUT2D eigenvalue weighted by atomic mass is 16.5. The molecule has 1 aromatic rings. The van der Waals surface area contributed by atoms with E-state index in [0.29, 0.717) is 6.61 Å². The Labute approximate surface area is 114 Å². The Bertz CT molecular complexity index is 414. The van der Waals surface area contributed by atoms with Crippen molar-refractivity contribution in [2.24, 2.45) is 0 Å². The first-order valence-corrected chi connectivity index (χ1v) is 7.16. The Balaban J connectivity index is 1.59. The molecule has 2 saturated heterocycles. The quantitative estimate of drug-likeness (QED) is 0.859. The molecule has 1 aromatic heterocycles. The van der Waals surface area contributed by atoms with Crippen molar-refractivity contribution in [3.63, 3.8) is 0 Å². The van der Waals surface area contributed by atoms with Crippen LogP contribution in [0.15, 0.2) is 18.2 Å². The van der Waals surface area contributed by atoms with Crippen LogP contribution in [0.1, 0.15) is 6.92 Å². The van der Waals surface area contributed by atoms with Crippen molar-refractivity contribution in [2.75, 3.05) is 50.8 Å². The molecule has 0 bridgehead atoms. The minimum Gasteiger partial charge on any atom is -0.478 e. The average molecular weight is 262 g/mol. The molecular weight excluding hydrogens is 240 g/mol. The van der Waals surface area contributed by atoms with E-state index in [-0.39, 0.29) is 0 Å². The van der Waals surface area contributed by atoms with E-state index >= 15 is 0 Å². The predicted molar refractivity (Wildman–Crippen MR) is 75.8 cm³/mol. The highest BCUT2D eigenvalue weighted by Gasteiger charge is 2.27. The van der Waals surface area contributed by atoms with Gasteiger partial charge in [-0.1, -0.05) is 6.07 Å². The van der Waals surface area contributed by atoms with Gasteiger partial charge in [0.05, 0.1) is 6.61 Å². The number of pyridine rings is 1. The molecule has 2 aliphatic heterocycles. The molecule has 19 heavy (non-hydrogen) atoms. The largest absolute Gasteiger partial charge is 0.478 e. The van der Waals surface area contributed by atoms with E-state index in [1.165, 1.54) is 0 Å². The molecule has 0 unspecified atom stereocenters. The van der Waals surface area contributed by atoms with Crippen LogP contribution in [-0.2, 0) is 0 Å². The summed E-state index contributed by atoms with van der Waals surface area (Å²) >= 11 is 0. The van der Waals surface area contributed by atoms with Crippen molar-refractivity contribution in [3.05, 3.63) is 18.2 Å². The van der Waals surface area contributed by atoms with E-state index in [0.717, 1.165) is 57.0 Å². The van der Waals surface area contributed by atoms with Gasteiger partial charge < -0.3 is 15.0 Å². The standard InChI is InChI=1S/C14H22N4O/c1-2-19-14-5-3-4-13(16-14)18-8-6-17(7-9-18)12-10-15-11-12/h3-5,12,15H,2,6-11H2,1H3. The van der Waals surface area contributed by atoms with Crippen LogP contribution in [0.2, 0.25) is 0 Å². The smallest absolute Gasteiger partial charge is 0.215 e. The van der Waals surface area contributed by atoms with E-state index in [1.54, 1.807) is 0 Å². The lowest BCUT2D eigenvalue weighted by Crippen LogP contribution is -2.61. The van der Waals surface area contributed by atoms with E-state index < -0.39 is 0 Å². The molecular formula is C14H22N4O. The zero-order valence-electron chi connectivity index (χ0n) is 11.5. The number of anilines is 1. The summed E-state index contributed by atoms with van der Waals surface area (Å²) in [6.45, 7) is 9.33. The monoisotopic (exact) mass is 262 g/mol. The van der Waals surface area contributed by atoms with Crippen LogP contribution in [0.3, 0.4) is 0 Å². The Morgan fingerprint density at radius 2 is 2.05 bits per heavy atom. The fourth-order valence-corrected chi connectivity index (χ4v) is 2.66. The molecule has 0 saturated carbocycles. The van der Waals surface area contributed by atoms with Crippen molar-refractivity contribution in [1.29, 1.82) is 0 Å². The van der Waals surface area contributed by atoms with Crippen molar-refractivity contribution < 1.29 is 4.74 Å². The fraction of sp³-hybridized carbons (Fsp3) is 0.643. The summed E-state index contributed by atoms with van der Waals surface area (Å²) in [6.07, 6.45) is 0. The number of rotatable bonds is 4. The van der Waals surface area contributed by atoms with E-state index in [1.807, 2.05) is 19.1 Å². The van der Waals surface area contributed by atoms with Crippen molar-refractivity contribution in [3.8, 4) is 5.88 Å². The number of ether oxygens (including phenoxy) is 1. The van der Waals surface area contributed by atoms with Crippen LogP contribution in [-0.4, -0.2) is 61.8 Å². The average Bonchev–Trinajstić information content (AvgIpc) is 2.38. The molecule has 5 nitrogen and oxygen atoms in total. The number of hydrogen-bond donors (Lipinski definition) is 1. The summed E-state index contributed by atoms with van der Waals surface area (Å²) in [4.78, 5) is 9.50. The zero-order chi connectivity index (χ0) is 13.1. The van der Waals surface area contributed by atoms with E-state index in [9.17, 15) is 0 Å². The maximum atomic E-state index is 5.47. The summed E-state index contributed by atoms with van der Waals surface area (Å²) in [5.41, 5.74) is 0. The van der Waals surface area contributed by atoms with Crippen LogP contribution in [0.4, 0.5) is 5.82 Å². The second-order valence-corrected chi connectivity index (χ2v) is 5.10. The van der Waals surface area contributed by atoms with Crippen LogP contribution in [0.25, 0.3) is 0 Å². The lowest BCUT2D eigenvalue weighted by molar-refractivity contribution is 0.137. The summed E-state index contributed by atoms with van der Waals surface area (Å²) < 4.78 is 5.47. The molecule has 1 N–H and O–H groups in total. The van der Waals surface area contributed by atoms with Crippen LogP contribution in [0, 0.1) is 0 Å². The Hall–Kier alpha value is -1.33. The number of hydrogen-bond acceptors (Lipinski definition) is 5. The third kappa shape index (κ3) is 2.82. The maximum Gasteiger partial charge on any atom is 0.215 e. The number of nitrogens with one attached hydrogen (secondary N) is 1. The lowest BCUT2D eigenvalue weighted by atomic mass is 10.1. The lowest BCUT2D eigenvalue weighted by Gasteiger charge is -2.43. The summed E-state index contributed by atoms with van der Waals surface area (Å²) in [5, 5.41) is 3.34. The van der Waals surface area contributed by atoms with Gasteiger partial charge in [-0.25, -0.2) is 0 Å². The molecule has 2 fully saturated rings. The first kappa shape index (κ1) is 12.7. The van der Waals surface area contributed by atoms with Crippen LogP contribution in [0.5, 0.6) is 5.88 Å². The maximum absolute atomic E-state index is 5.47.